The van der Waals surface area contributed by atoms with Gasteiger partial charge < -0.3 is 9.47 Å². The quantitative estimate of drug-likeness (QED) is 0.615. The van der Waals surface area contributed by atoms with E-state index in [1.54, 1.807) is 0 Å². The molecule has 0 N–H and O–H groups in total. The van der Waals surface area contributed by atoms with Gasteiger partial charge in [0.05, 0.1) is 12.2 Å². The first-order valence-electron chi connectivity index (χ1n) is 5.61. The first kappa shape index (κ1) is 9.55. The Morgan fingerprint density at radius 1 is 1.47 bits per heavy atom. The summed E-state index contributed by atoms with van der Waals surface area (Å²) < 4.78 is 11.7. The molecule has 0 amide bonds. The van der Waals surface area contributed by atoms with Crippen LogP contribution < -0.4 is 0 Å². The number of fused-ring (bicyclic) bond motifs is 3. The van der Waals surface area contributed by atoms with Crippen LogP contribution in [0.4, 0.5) is 0 Å². The molecule has 82 valence electrons. The Morgan fingerprint density at radius 3 is 3.00 bits per heavy atom. The number of carbonyl (C=O) groups excluding carboxylic acids is 1. The third kappa shape index (κ3) is 1.30. The average molecular weight is 208 g/mol. The van der Waals surface area contributed by atoms with E-state index in [0.29, 0.717) is 11.8 Å². The zero-order valence-electron chi connectivity index (χ0n) is 9.10. The standard InChI is InChI=1S/C12H16O3/c1-12(2)14-10-5-9-7(6-13)3-4-8(9)11(10)15-12/h3,6,8-11H,4-5H2,1-2H3/t8-,9+,10-,11+/m1/s1. The van der Waals surface area contributed by atoms with Crippen LogP contribution in [0.3, 0.4) is 0 Å². The third-order valence-corrected chi connectivity index (χ3v) is 3.84. The second-order valence-electron chi connectivity index (χ2n) is 5.20. The van der Waals surface area contributed by atoms with Crippen LogP contribution in [0.25, 0.3) is 0 Å². The summed E-state index contributed by atoms with van der Waals surface area (Å²) in [6.45, 7) is 3.92. The Labute approximate surface area is 89.4 Å². The molecule has 0 aromatic carbocycles. The second-order valence-corrected chi connectivity index (χ2v) is 5.20. The Hall–Kier alpha value is -0.670. The van der Waals surface area contributed by atoms with Gasteiger partial charge in [0.1, 0.15) is 6.29 Å². The van der Waals surface area contributed by atoms with Gasteiger partial charge in [0.15, 0.2) is 5.79 Å². The van der Waals surface area contributed by atoms with Gasteiger partial charge in [-0.05, 0) is 44.1 Å². The lowest BCUT2D eigenvalue weighted by atomic mass is 9.94. The van der Waals surface area contributed by atoms with Crippen LogP contribution in [0.15, 0.2) is 11.6 Å². The second kappa shape index (κ2) is 2.92. The van der Waals surface area contributed by atoms with Crippen molar-refractivity contribution in [2.75, 3.05) is 0 Å². The van der Waals surface area contributed by atoms with Gasteiger partial charge >= 0.3 is 0 Å². The summed E-state index contributed by atoms with van der Waals surface area (Å²) in [6.07, 6.45) is 5.37. The van der Waals surface area contributed by atoms with E-state index in [1.165, 1.54) is 0 Å². The van der Waals surface area contributed by atoms with Crippen LogP contribution in [0.1, 0.15) is 26.7 Å². The minimum Gasteiger partial charge on any atom is -0.345 e. The van der Waals surface area contributed by atoms with Crippen LogP contribution in [-0.2, 0) is 14.3 Å². The van der Waals surface area contributed by atoms with E-state index >= 15 is 0 Å². The van der Waals surface area contributed by atoms with E-state index in [9.17, 15) is 4.79 Å². The van der Waals surface area contributed by atoms with Gasteiger partial charge in [0, 0.05) is 0 Å². The maximum atomic E-state index is 10.8. The number of aldehydes is 1. The summed E-state index contributed by atoms with van der Waals surface area (Å²) in [7, 11) is 0. The molecule has 1 saturated carbocycles. The van der Waals surface area contributed by atoms with E-state index in [-0.39, 0.29) is 12.2 Å². The lowest BCUT2D eigenvalue weighted by Crippen LogP contribution is -2.26. The molecule has 1 heterocycles. The molecular weight excluding hydrogens is 192 g/mol. The Bertz CT molecular complexity index is 332. The molecule has 2 fully saturated rings. The van der Waals surface area contributed by atoms with Gasteiger partial charge in [-0.2, -0.15) is 0 Å². The van der Waals surface area contributed by atoms with Crippen LogP contribution in [0.5, 0.6) is 0 Å². The molecular formula is C12H16O3. The van der Waals surface area contributed by atoms with Crippen LogP contribution in [0.2, 0.25) is 0 Å². The van der Waals surface area contributed by atoms with Gasteiger partial charge in [-0.3, -0.25) is 4.79 Å². The number of carbonyl (C=O) groups is 1. The monoisotopic (exact) mass is 208 g/mol. The highest BCUT2D eigenvalue weighted by Gasteiger charge is 2.54. The highest BCUT2D eigenvalue weighted by atomic mass is 16.8. The lowest BCUT2D eigenvalue weighted by molar-refractivity contribution is -0.158. The first-order valence-corrected chi connectivity index (χ1v) is 5.61. The molecule has 1 saturated heterocycles. The summed E-state index contributed by atoms with van der Waals surface area (Å²) in [4.78, 5) is 10.8. The molecule has 0 aromatic rings. The minimum atomic E-state index is -0.440. The van der Waals surface area contributed by atoms with Crippen molar-refractivity contribution in [2.45, 2.75) is 44.7 Å². The molecule has 3 nitrogen and oxygen atoms in total. The van der Waals surface area contributed by atoms with Crippen molar-refractivity contribution in [2.24, 2.45) is 11.8 Å². The summed E-state index contributed by atoms with van der Waals surface area (Å²) in [5.41, 5.74) is 0.958. The molecule has 1 aliphatic heterocycles. The zero-order chi connectivity index (χ0) is 10.6. The Kier molecular flexibility index (Phi) is 1.86. The van der Waals surface area contributed by atoms with E-state index in [2.05, 4.69) is 6.08 Å². The fraction of sp³-hybridized carbons (Fsp3) is 0.750. The average Bonchev–Trinajstić information content (AvgIpc) is 2.73. The Balaban J connectivity index is 1.82. The van der Waals surface area contributed by atoms with Gasteiger partial charge in [0.25, 0.3) is 0 Å². The first-order chi connectivity index (χ1) is 7.11. The fourth-order valence-electron chi connectivity index (χ4n) is 3.30. The maximum Gasteiger partial charge on any atom is 0.163 e. The summed E-state index contributed by atoms with van der Waals surface area (Å²) in [5.74, 6) is 0.412. The predicted octanol–water partition coefficient (Wildman–Crippen LogP) is 1.67. The van der Waals surface area contributed by atoms with Crippen LogP contribution >= 0.6 is 0 Å². The molecule has 0 unspecified atom stereocenters. The highest BCUT2D eigenvalue weighted by Crippen LogP contribution is 2.50. The van der Waals surface area contributed by atoms with Gasteiger partial charge in [-0.1, -0.05) is 6.08 Å². The molecule has 2 aliphatic carbocycles. The summed E-state index contributed by atoms with van der Waals surface area (Å²) >= 11 is 0. The maximum absolute atomic E-state index is 10.8. The van der Waals surface area contributed by atoms with Gasteiger partial charge in [-0.25, -0.2) is 0 Å². The zero-order valence-corrected chi connectivity index (χ0v) is 9.10. The molecule has 4 atom stereocenters. The Morgan fingerprint density at radius 2 is 2.27 bits per heavy atom. The predicted molar refractivity (Wildman–Crippen MR) is 54.2 cm³/mol. The van der Waals surface area contributed by atoms with Crippen molar-refractivity contribution in [3.8, 4) is 0 Å². The van der Waals surface area contributed by atoms with Gasteiger partial charge in [0.2, 0.25) is 0 Å². The van der Waals surface area contributed by atoms with Crippen molar-refractivity contribution >= 4 is 6.29 Å². The third-order valence-electron chi connectivity index (χ3n) is 3.84. The highest BCUT2D eigenvalue weighted by molar-refractivity contribution is 5.75. The molecule has 3 aliphatic rings. The van der Waals surface area contributed by atoms with E-state index in [4.69, 9.17) is 9.47 Å². The number of ether oxygens (including phenoxy) is 2. The van der Waals surface area contributed by atoms with Crippen molar-refractivity contribution in [1.82, 2.24) is 0 Å². The number of hydrogen-bond acceptors (Lipinski definition) is 3. The molecule has 3 heteroatoms. The molecule has 0 spiro atoms. The van der Waals surface area contributed by atoms with E-state index < -0.39 is 5.79 Å². The molecule has 0 radical (unpaired) electrons. The smallest absolute Gasteiger partial charge is 0.163 e. The molecule has 3 rings (SSSR count). The van der Waals surface area contributed by atoms with Crippen molar-refractivity contribution < 1.29 is 14.3 Å². The SMILES string of the molecule is CC1(C)O[C@H]2[C@@H]3CC=C(C=O)[C@@H]3C[C@H]2O1. The summed E-state index contributed by atoms with van der Waals surface area (Å²) in [6, 6.07) is 0. The fourth-order valence-corrected chi connectivity index (χ4v) is 3.30. The molecule has 0 bridgehead atoms. The normalized spacial score (nSPS) is 46.1. The lowest BCUT2D eigenvalue weighted by Gasteiger charge is -2.22. The number of rotatable bonds is 1. The number of allylic oxidation sites excluding steroid dienone is 2. The molecule has 0 aromatic heterocycles. The largest absolute Gasteiger partial charge is 0.345 e. The summed E-state index contributed by atoms with van der Waals surface area (Å²) in [5, 5.41) is 0. The number of hydrogen-bond donors (Lipinski definition) is 0. The van der Waals surface area contributed by atoms with Gasteiger partial charge in [-0.15, -0.1) is 0 Å². The van der Waals surface area contributed by atoms with Crippen LogP contribution in [0, 0.1) is 11.8 Å². The van der Waals surface area contributed by atoms with Crippen molar-refractivity contribution in [1.29, 1.82) is 0 Å². The molecule has 15 heavy (non-hydrogen) atoms. The van der Waals surface area contributed by atoms with E-state index in [0.717, 1.165) is 24.7 Å². The van der Waals surface area contributed by atoms with Crippen LogP contribution in [-0.4, -0.2) is 24.3 Å². The van der Waals surface area contributed by atoms with E-state index in [1.807, 2.05) is 13.8 Å². The minimum absolute atomic E-state index is 0.193. The topological polar surface area (TPSA) is 35.5 Å². The van der Waals surface area contributed by atoms with Crippen molar-refractivity contribution in [3.63, 3.8) is 0 Å². The van der Waals surface area contributed by atoms with Crippen molar-refractivity contribution in [3.05, 3.63) is 11.6 Å².